The number of ether oxygens (including phenoxy) is 1. The van der Waals surface area contributed by atoms with Crippen LogP contribution in [-0.4, -0.2) is 22.2 Å². The topological polar surface area (TPSA) is 82.8 Å². The van der Waals surface area contributed by atoms with Gasteiger partial charge in [-0.15, -0.1) is 13.2 Å². The molecule has 3 aromatic heterocycles. The Hall–Kier alpha value is -4.64. The first-order valence-electron chi connectivity index (χ1n) is 11.5. The van der Waals surface area contributed by atoms with Gasteiger partial charge in [0.15, 0.2) is 5.76 Å². The summed E-state index contributed by atoms with van der Waals surface area (Å²) in [7, 11) is 0. The largest absolute Gasteiger partial charge is 0.573 e. The van der Waals surface area contributed by atoms with E-state index in [9.17, 15) is 18.0 Å². The maximum absolute atomic E-state index is 13.4. The van der Waals surface area contributed by atoms with Gasteiger partial charge in [-0.1, -0.05) is 28.1 Å². The summed E-state index contributed by atoms with van der Waals surface area (Å²) in [5.74, 6) is 0.911. The van der Waals surface area contributed by atoms with Gasteiger partial charge in [0.25, 0.3) is 5.56 Å². The Kier molecular flexibility index (Phi) is 6.07. The molecule has 0 N–H and O–H groups in total. The van der Waals surface area contributed by atoms with E-state index in [4.69, 9.17) is 8.83 Å². The SMILES string of the molecule is O=c1c2ccccc2nc(-c2cc3cc(Br)ccc3o2)n1N=Cc1ccc(-c2ccc(OC(F)(F)F)cc2)o1. The van der Waals surface area contributed by atoms with Gasteiger partial charge in [-0.25, -0.2) is 4.98 Å². The predicted octanol–water partition coefficient (Wildman–Crippen LogP) is 7.61. The van der Waals surface area contributed by atoms with E-state index in [-0.39, 0.29) is 11.6 Å². The molecule has 194 valence electrons. The molecule has 7 nitrogen and oxygen atoms in total. The van der Waals surface area contributed by atoms with Gasteiger partial charge in [-0.05, 0) is 72.8 Å². The average molecular weight is 594 g/mol. The first kappa shape index (κ1) is 24.7. The number of nitrogens with zero attached hydrogens (tertiary/aromatic N) is 3. The van der Waals surface area contributed by atoms with Crippen molar-refractivity contribution in [1.29, 1.82) is 0 Å². The third-order valence-corrected chi connectivity index (χ3v) is 6.25. The number of halogens is 4. The molecule has 6 rings (SSSR count). The number of hydrogen-bond acceptors (Lipinski definition) is 6. The van der Waals surface area contributed by atoms with Gasteiger partial charge < -0.3 is 13.6 Å². The molecule has 0 unspecified atom stereocenters. The van der Waals surface area contributed by atoms with E-state index in [0.29, 0.717) is 39.3 Å². The van der Waals surface area contributed by atoms with Crippen molar-refractivity contribution in [3.8, 4) is 28.7 Å². The van der Waals surface area contributed by atoms with Crippen molar-refractivity contribution in [2.75, 3.05) is 0 Å². The third-order valence-electron chi connectivity index (χ3n) is 5.75. The van der Waals surface area contributed by atoms with Crippen LogP contribution in [0.3, 0.4) is 0 Å². The van der Waals surface area contributed by atoms with Crippen molar-refractivity contribution in [2.24, 2.45) is 5.10 Å². The zero-order valence-corrected chi connectivity index (χ0v) is 21.2. The van der Waals surface area contributed by atoms with E-state index in [1.807, 2.05) is 18.2 Å². The Morgan fingerprint density at radius 1 is 0.923 bits per heavy atom. The predicted molar refractivity (Wildman–Crippen MR) is 143 cm³/mol. The summed E-state index contributed by atoms with van der Waals surface area (Å²) < 4.78 is 55.0. The summed E-state index contributed by atoms with van der Waals surface area (Å²) in [6, 6.07) is 22.8. The minimum atomic E-state index is -4.77. The minimum absolute atomic E-state index is 0.203. The van der Waals surface area contributed by atoms with Crippen LogP contribution in [0.15, 0.2) is 108 Å². The Balaban J connectivity index is 1.37. The van der Waals surface area contributed by atoms with Crippen LogP contribution in [0.25, 0.3) is 44.8 Å². The van der Waals surface area contributed by atoms with E-state index in [1.54, 1.807) is 42.5 Å². The van der Waals surface area contributed by atoms with E-state index in [1.165, 1.54) is 30.5 Å². The molecule has 0 aliphatic heterocycles. The summed E-state index contributed by atoms with van der Waals surface area (Å²) >= 11 is 3.44. The van der Waals surface area contributed by atoms with E-state index in [0.717, 1.165) is 14.5 Å². The highest BCUT2D eigenvalue weighted by atomic mass is 79.9. The van der Waals surface area contributed by atoms with Crippen LogP contribution >= 0.6 is 15.9 Å². The molecule has 0 bridgehead atoms. The van der Waals surface area contributed by atoms with Gasteiger partial charge in [0.2, 0.25) is 5.82 Å². The highest BCUT2D eigenvalue weighted by molar-refractivity contribution is 9.10. The molecule has 11 heteroatoms. The van der Waals surface area contributed by atoms with E-state index in [2.05, 4.69) is 30.8 Å². The smallest absolute Gasteiger partial charge is 0.455 e. The fraction of sp³-hybridized carbons (Fsp3) is 0.0357. The average Bonchev–Trinajstić information content (AvgIpc) is 3.54. The molecule has 6 aromatic rings. The molecule has 0 atom stereocenters. The van der Waals surface area contributed by atoms with E-state index >= 15 is 0 Å². The highest BCUT2D eigenvalue weighted by Crippen LogP contribution is 2.30. The molecule has 0 radical (unpaired) electrons. The third kappa shape index (κ3) is 5.08. The van der Waals surface area contributed by atoms with Gasteiger partial charge >= 0.3 is 6.36 Å². The van der Waals surface area contributed by atoms with Crippen LogP contribution in [0.4, 0.5) is 13.2 Å². The van der Waals surface area contributed by atoms with Crippen molar-refractivity contribution in [1.82, 2.24) is 9.66 Å². The summed E-state index contributed by atoms with van der Waals surface area (Å²) in [6.07, 6.45) is -3.42. The van der Waals surface area contributed by atoms with Gasteiger partial charge in [0.05, 0.1) is 17.1 Å². The standard InChI is InChI=1S/C28H15BrF3N3O4/c29-18-7-11-24-17(13-18)14-25(38-24)26-34-22-4-2-1-3-21(22)27(36)35(26)33-15-20-10-12-23(37-20)16-5-8-19(9-6-16)39-28(30,31)32/h1-15H. The fourth-order valence-corrected chi connectivity index (χ4v) is 4.41. The van der Waals surface area contributed by atoms with Crippen LogP contribution < -0.4 is 10.3 Å². The Labute approximate surface area is 225 Å². The van der Waals surface area contributed by atoms with Crippen molar-refractivity contribution in [3.05, 3.63) is 106 Å². The number of furan rings is 2. The van der Waals surface area contributed by atoms with Crippen LogP contribution in [-0.2, 0) is 0 Å². The zero-order valence-electron chi connectivity index (χ0n) is 19.6. The number of rotatable bonds is 5. The zero-order chi connectivity index (χ0) is 27.1. The van der Waals surface area contributed by atoms with Crippen molar-refractivity contribution in [3.63, 3.8) is 0 Å². The van der Waals surface area contributed by atoms with Crippen LogP contribution in [0, 0.1) is 0 Å². The Morgan fingerprint density at radius 2 is 1.72 bits per heavy atom. The second kappa shape index (κ2) is 9.59. The molecule has 0 aliphatic rings. The number of alkyl halides is 3. The fourth-order valence-electron chi connectivity index (χ4n) is 4.03. The first-order chi connectivity index (χ1) is 18.7. The Morgan fingerprint density at radius 3 is 2.51 bits per heavy atom. The van der Waals surface area contributed by atoms with Gasteiger partial charge in [0, 0.05) is 15.4 Å². The van der Waals surface area contributed by atoms with Crippen molar-refractivity contribution in [2.45, 2.75) is 6.36 Å². The number of benzene rings is 3. The van der Waals surface area contributed by atoms with Crippen LogP contribution in [0.5, 0.6) is 5.75 Å². The second-order valence-electron chi connectivity index (χ2n) is 8.38. The van der Waals surface area contributed by atoms with Gasteiger partial charge in [0.1, 0.15) is 22.9 Å². The lowest BCUT2D eigenvalue weighted by Gasteiger charge is -2.08. The molecule has 0 amide bonds. The van der Waals surface area contributed by atoms with E-state index < -0.39 is 11.9 Å². The van der Waals surface area contributed by atoms with Crippen LogP contribution in [0.1, 0.15) is 5.76 Å². The summed E-state index contributed by atoms with van der Waals surface area (Å²) in [5.41, 5.74) is 1.24. The number of hydrogen-bond donors (Lipinski definition) is 0. The molecule has 0 saturated heterocycles. The molecule has 0 aliphatic carbocycles. The first-order valence-corrected chi connectivity index (χ1v) is 12.2. The second-order valence-corrected chi connectivity index (χ2v) is 9.30. The summed E-state index contributed by atoms with van der Waals surface area (Å²) in [4.78, 5) is 18.1. The normalized spacial score (nSPS) is 12.1. The molecule has 0 fully saturated rings. The quantitative estimate of drug-likeness (QED) is 0.192. The summed E-state index contributed by atoms with van der Waals surface area (Å²) in [6.45, 7) is 0. The molecule has 0 spiro atoms. The molecular formula is C28H15BrF3N3O4. The Bertz CT molecular complexity index is 1920. The number of aromatic nitrogens is 2. The minimum Gasteiger partial charge on any atom is -0.455 e. The maximum atomic E-state index is 13.4. The number of fused-ring (bicyclic) bond motifs is 2. The highest BCUT2D eigenvalue weighted by Gasteiger charge is 2.31. The molecule has 0 saturated carbocycles. The van der Waals surface area contributed by atoms with Crippen molar-refractivity contribution >= 4 is 44.0 Å². The molecule has 39 heavy (non-hydrogen) atoms. The molecular weight excluding hydrogens is 579 g/mol. The maximum Gasteiger partial charge on any atom is 0.573 e. The molecule has 3 heterocycles. The van der Waals surface area contributed by atoms with Gasteiger partial charge in [-0.3, -0.25) is 4.79 Å². The monoisotopic (exact) mass is 593 g/mol. The lowest BCUT2D eigenvalue weighted by molar-refractivity contribution is -0.274. The van der Waals surface area contributed by atoms with Crippen LogP contribution in [0.2, 0.25) is 0 Å². The van der Waals surface area contributed by atoms with Crippen molar-refractivity contribution < 1.29 is 26.7 Å². The molecule has 3 aromatic carbocycles. The number of para-hydroxylation sites is 1. The lowest BCUT2D eigenvalue weighted by Crippen LogP contribution is -2.20. The summed E-state index contributed by atoms with van der Waals surface area (Å²) in [5, 5.41) is 5.55. The van der Waals surface area contributed by atoms with Gasteiger partial charge in [-0.2, -0.15) is 9.78 Å². The lowest BCUT2D eigenvalue weighted by atomic mass is 10.2.